The molecule has 1 aromatic heterocycles. The molecule has 6 nitrogen and oxygen atoms in total. The van der Waals surface area contributed by atoms with Crippen molar-refractivity contribution < 1.29 is 0 Å². The van der Waals surface area contributed by atoms with Gasteiger partial charge in [-0.2, -0.15) is 4.98 Å². The van der Waals surface area contributed by atoms with Crippen LogP contribution in [0.5, 0.6) is 0 Å². The first-order valence-electron chi connectivity index (χ1n) is 7.07. The highest BCUT2D eigenvalue weighted by atomic mass is 15.3. The predicted octanol–water partition coefficient (Wildman–Crippen LogP) is 0.745. The Balaban J connectivity index is 1.71. The number of rotatable bonds is 3. The lowest BCUT2D eigenvalue weighted by molar-refractivity contribution is 0.260. The summed E-state index contributed by atoms with van der Waals surface area (Å²) in [6.07, 6.45) is 3.93. The van der Waals surface area contributed by atoms with Gasteiger partial charge in [-0.1, -0.05) is 0 Å². The van der Waals surface area contributed by atoms with Crippen LogP contribution in [0.2, 0.25) is 0 Å². The van der Waals surface area contributed by atoms with E-state index in [1.54, 1.807) is 0 Å². The number of nitrogens with zero attached hydrogens (tertiary/aromatic N) is 4. The Bertz CT molecular complexity index is 443. The maximum Gasteiger partial charge on any atom is 0.239 e. The van der Waals surface area contributed by atoms with E-state index in [0.717, 1.165) is 24.6 Å². The van der Waals surface area contributed by atoms with Crippen molar-refractivity contribution in [2.45, 2.75) is 32.2 Å². The van der Waals surface area contributed by atoms with Gasteiger partial charge in [0, 0.05) is 30.9 Å². The standard InChI is InChI=1S/C13H22N6/c1-10-8-12(16-13(15-10)17-14)19-7-4-11(9-19)18-5-2-3-6-18/h8,11H,2-7,9,14H2,1H3,(H,15,16,17). The molecule has 2 aliphatic rings. The molecule has 104 valence electrons. The fourth-order valence-corrected chi connectivity index (χ4v) is 3.13. The Labute approximate surface area is 114 Å². The lowest BCUT2D eigenvalue weighted by atomic mass is 10.2. The lowest BCUT2D eigenvalue weighted by Crippen LogP contribution is -2.35. The number of hydrogen-bond donors (Lipinski definition) is 2. The summed E-state index contributed by atoms with van der Waals surface area (Å²) < 4.78 is 0. The maximum atomic E-state index is 5.41. The van der Waals surface area contributed by atoms with E-state index in [4.69, 9.17) is 5.84 Å². The van der Waals surface area contributed by atoms with Crippen LogP contribution in [0.15, 0.2) is 6.07 Å². The van der Waals surface area contributed by atoms with Crippen molar-refractivity contribution in [1.29, 1.82) is 0 Å². The molecule has 0 radical (unpaired) electrons. The van der Waals surface area contributed by atoms with Gasteiger partial charge in [0.05, 0.1) is 0 Å². The van der Waals surface area contributed by atoms with E-state index in [2.05, 4.69) is 25.2 Å². The van der Waals surface area contributed by atoms with Gasteiger partial charge in [-0.3, -0.25) is 10.3 Å². The summed E-state index contributed by atoms with van der Waals surface area (Å²) in [6.45, 7) is 6.63. The molecule has 2 fully saturated rings. The van der Waals surface area contributed by atoms with Crippen molar-refractivity contribution in [2.24, 2.45) is 5.84 Å². The molecular formula is C13H22N6. The van der Waals surface area contributed by atoms with Crippen molar-refractivity contribution in [1.82, 2.24) is 14.9 Å². The largest absolute Gasteiger partial charge is 0.355 e. The zero-order valence-electron chi connectivity index (χ0n) is 11.5. The van der Waals surface area contributed by atoms with E-state index in [0.29, 0.717) is 12.0 Å². The first-order chi connectivity index (χ1) is 9.26. The Hall–Kier alpha value is -1.40. The second-order valence-corrected chi connectivity index (χ2v) is 5.47. The zero-order valence-corrected chi connectivity index (χ0v) is 11.5. The highest BCUT2D eigenvalue weighted by Crippen LogP contribution is 2.24. The molecule has 3 rings (SSSR count). The Morgan fingerprint density at radius 2 is 2.05 bits per heavy atom. The molecule has 1 aromatic rings. The maximum absolute atomic E-state index is 5.41. The zero-order chi connectivity index (χ0) is 13.2. The molecule has 1 unspecified atom stereocenters. The first kappa shape index (κ1) is 12.6. The number of aromatic nitrogens is 2. The van der Waals surface area contributed by atoms with Gasteiger partial charge < -0.3 is 4.90 Å². The topological polar surface area (TPSA) is 70.3 Å². The molecule has 1 atom stereocenters. The van der Waals surface area contributed by atoms with Crippen LogP contribution in [0.3, 0.4) is 0 Å². The average Bonchev–Trinajstić information content (AvgIpc) is 3.08. The first-order valence-corrected chi connectivity index (χ1v) is 7.07. The van der Waals surface area contributed by atoms with Gasteiger partial charge in [0.2, 0.25) is 5.95 Å². The van der Waals surface area contributed by atoms with Gasteiger partial charge in [0.25, 0.3) is 0 Å². The third kappa shape index (κ3) is 2.64. The van der Waals surface area contributed by atoms with Crippen LogP contribution >= 0.6 is 0 Å². The predicted molar refractivity (Wildman–Crippen MR) is 76.0 cm³/mol. The molecule has 3 N–H and O–H groups in total. The fraction of sp³-hybridized carbons (Fsp3) is 0.692. The van der Waals surface area contributed by atoms with Crippen LogP contribution < -0.4 is 16.2 Å². The summed E-state index contributed by atoms with van der Waals surface area (Å²) in [5.74, 6) is 6.90. The Morgan fingerprint density at radius 3 is 2.79 bits per heavy atom. The van der Waals surface area contributed by atoms with Crippen molar-refractivity contribution in [2.75, 3.05) is 36.5 Å². The summed E-state index contributed by atoms with van der Waals surface area (Å²) in [5, 5.41) is 0. The van der Waals surface area contributed by atoms with Gasteiger partial charge in [0.15, 0.2) is 0 Å². The van der Waals surface area contributed by atoms with E-state index in [9.17, 15) is 0 Å². The number of hydrazine groups is 1. The van der Waals surface area contributed by atoms with Crippen LogP contribution in [-0.2, 0) is 0 Å². The number of nitrogen functional groups attached to an aromatic ring is 1. The van der Waals surface area contributed by atoms with E-state index in [-0.39, 0.29) is 0 Å². The molecule has 3 heterocycles. The number of aryl methyl sites for hydroxylation is 1. The third-order valence-electron chi connectivity index (χ3n) is 4.11. The third-order valence-corrected chi connectivity index (χ3v) is 4.11. The normalized spacial score (nSPS) is 24.1. The van der Waals surface area contributed by atoms with E-state index >= 15 is 0 Å². The molecule has 6 heteroatoms. The van der Waals surface area contributed by atoms with Gasteiger partial charge in [0.1, 0.15) is 5.82 Å². The van der Waals surface area contributed by atoms with Crippen molar-refractivity contribution in [3.8, 4) is 0 Å². The smallest absolute Gasteiger partial charge is 0.239 e. The number of nitrogens with two attached hydrogens (primary N) is 1. The molecule has 0 saturated carbocycles. The second kappa shape index (κ2) is 5.30. The molecule has 2 aliphatic heterocycles. The van der Waals surface area contributed by atoms with E-state index < -0.39 is 0 Å². The van der Waals surface area contributed by atoms with Crippen LogP contribution in [0.1, 0.15) is 25.0 Å². The molecule has 0 aromatic carbocycles. The summed E-state index contributed by atoms with van der Waals surface area (Å²) in [4.78, 5) is 13.7. The van der Waals surface area contributed by atoms with Crippen LogP contribution in [0, 0.1) is 6.92 Å². The minimum Gasteiger partial charge on any atom is -0.355 e. The van der Waals surface area contributed by atoms with E-state index in [1.807, 2.05) is 13.0 Å². The molecule has 0 bridgehead atoms. The molecular weight excluding hydrogens is 240 g/mol. The number of hydrogen-bond acceptors (Lipinski definition) is 6. The number of nitrogens with one attached hydrogen (secondary N) is 1. The second-order valence-electron chi connectivity index (χ2n) is 5.47. The summed E-state index contributed by atoms with van der Waals surface area (Å²) in [6, 6.07) is 2.72. The monoisotopic (exact) mass is 262 g/mol. The number of anilines is 2. The summed E-state index contributed by atoms with van der Waals surface area (Å²) in [7, 11) is 0. The fourth-order valence-electron chi connectivity index (χ4n) is 3.13. The highest BCUT2D eigenvalue weighted by Gasteiger charge is 2.30. The Kier molecular flexibility index (Phi) is 3.52. The molecule has 0 spiro atoms. The van der Waals surface area contributed by atoms with Gasteiger partial charge in [-0.25, -0.2) is 10.8 Å². The number of likely N-dealkylation sites (tertiary alicyclic amines) is 1. The van der Waals surface area contributed by atoms with E-state index in [1.165, 1.54) is 32.4 Å². The van der Waals surface area contributed by atoms with Crippen LogP contribution in [-0.4, -0.2) is 47.1 Å². The SMILES string of the molecule is Cc1cc(N2CCC(N3CCCC3)C2)nc(NN)n1. The molecule has 0 amide bonds. The van der Waals surface area contributed by atoms with Gasteiger partial charge in [-0.05, 0) is 39.3 Å². The van der Waals surface area contributed by atoms with Crippen molar-refractivity contribution >= 4 is 11.8 Å². The van der Waals surface area contributed by atoms with Gasteiger partial charge >= 0.3 is 0 Å². The molecule has 2 saturated heterocycles. The highest BCUT2D eigenvalue weighted by molar-refractivity contribution is 5.45. The molecule has 19 heavy (non-hydrogen) atoms. The lowest BCUT2D eigenvalue weighted by Gasteiger charge is -2.24. The van der Waals surface area contributed by atoms with Crippen molar-refractivity contribution in [3.63, 3.8) is 0 Å². The van der Waals surface area contributed by atoms with Crippen molar-refractivity contribution in [3.05, 3.63) is 11.8 Å². The minimum absolute atomic E-state index is 0.500. The van der Waals surface area contributed by atoms with Crippen LogP contribution in [0.4, 0.5) is 11.8 Å². The van der Waals surface area contributed by atoms with Crippen LogP contribution in [0.25, 0.3) is 0 Å². The quantitative estimate of drug-likeness (QED) is 0.618. The van der Waals surface area contributed by atoms with Gasteiger partial charge in [-0.15, -0.1) is 0 Å². The average molecular weight is 262 g/mol. The Morgan fingerprint density at radius 1 is 1.26 bits per heavy atom. The molecule has 0 aliphatic carbocycles. The minimum atomic E-state index is 0.500. The summed E-state index contributed by atoms with van der Waals surface area (Å²) in [5.41, 5.74) is 3.49. The summed E-state index contributed by atoms with van der Waals surface area (Å²) >= 11 is 0.